The smallest absolute Gasteiger partial charge is 0.221 e. The van der Waals surface area contributed by atoms with Gasteiger partial charge >= 0.3 is 0 Å². The fourth-order valence-electron chi connectivity index (χ4n) is 2.89. The first-order valence-electron chi connectivity index (χ1n) is 7.15. The zero-order valence-electron chi connectivity index (χ0n) is 12.4. The molecule has 2 N–H and O–H groups in total. The Morgan fingerprint density at radius 1 is 0.957 bits per heavy atom. The lowest BCUT2D eigenvalue weighted by Gasteiger charge is -2.09. The molecule has 0 saturated carbocycles. The lowest BCUT2D eigenvalue weighted by Crippen LogP contribution is -2.05. The first-order valence-corrected chi connectivity index (χ1v) is 7.15. The third-order valence-electron chi connectivity index (χ3n) is 3.92. The fraction of sp³-hybridized carbons (Fsp3) is 0.0556. The molecular formula is C18H13N3O2. The van der Waals surface area contributed by atoms with Crippen LogP contribution in [0.25, 0.3) is 22.5 Å². The number of anilines is 1. The van der Waals surface area contributed by atoms with Gasteiger partial charge in [-0.3, -0.25) is 4.79 Å². The molecule has 0 radical (unpaired) electrons. The van der Waals surface area contributed by atoms with E-state index in [2.05, 4.69) is 9.97 Å². The number of nitrogens with two attached hydrogens (primary N) is 1. The maximum atomic E-state index is 12.8. The number of ketones is 1. The van der Waals surface area contributed by atoms with E-state index >= 15 is 0 Å². The molecule has 0 amide bonds. The van der Waals surface area contributed by atoms with E-state index in [0.717, 1.165) is 11.1 Å². The molecule has 0 unspecified atom stereocenters. The van der Waals surface area contributed by atoms with Crippen molar-refractivity contribution in [3.63, 3.8) is 0 Å². The molecular weight excluding hydrogens is 290 g/mol. The van der Waals surface area contributed by atoms with Gasteiger partial charge in [0.1, 0.15) is 5.75 Å². The summed E-state index contributed by atoms with van der Waals surface area (Å²) in [6.45, 7) is 0. The number of nitrogens with zero attached hydrogens (tertiary/aromatic N) is 2. The van der Waals surface area contributed by atoms with Gasteiger partial charge in [-0.05, 0) is 12.1 Å². The first-order chi connectivity index (χ1) is 11.2. The summed E-state index contributed by atoms with van der Waals surface area (Å²) in [6.07, 6.45) is 0. The van der Waals surface area contributed by atoms with Gasteiger partial charge in [0.25, 0.3) is 0 Å². The molecule has 1 aliphatic rings. The molecule has 5 nitrogen and oxygen atoms in total. The van der Waals surface area contributed by atoms with Crippen molar-refractivity contribution in [3.05, 3.63) is 59.7 Å². The van der Waals surface area contributed by atoms with E-state index in [0.29, 0.717) is 28.3 Å². The third-order valence-corrected chi connectivity index (χ3v) is 3.92. The van der Waals surface area contributed by atoms with E-state index in [9.17, 15) is 4.79 Å². The van der Waals surface area contributed by atoms with Gasteiger partial charge in [-0.2, -0.15) is 0 Å². The van der Waals surface area contributed by atoms with E-state index in [1.807, 2.05) is 42.5 Å². The SMILES string of the molecule is COc1cccc(-c2nc(N)nc3c2C(=O)c2ccccc2-3)c1. The van der Waals surface area contributed by atoms with Crippen molar-refractivity contribution in [2.75, 3.05) is 12.8 Å². The zero-order valence-corrected chi connectivity index (χ0v) is 12.4. The van der Waals surface area contributed by atoms with Gasteiger partial charge in [0.05, 0.1) is 24.1 Å². The quantitative estimate of drug-likeness (QED) is 0.616. The van der Waals surface area contributed by atoms with Crippen LogP contribution in [0.4, 0.5) is 5.95 Å². The lowest BCUT2D eigenvalue weighted by molar-refractivity contribution is 0.104. The minimum Gasteiger partial charge on any atom is -0.497 e. The summed E-state index contributed by atoms with van der Waals surface area (Å²) in [7, 11) is 1.60. The Hall–Kier alpha value is -3.21. The number of nitrogen functional groups attached to an aromatic ring is 1. The van der Waals surface area contributed by atoms with Crippen molar-refractivity contribution in [2.24, 2.45) is 0 Å². The van der Waals surface area contributed by atoms with E-state index < -0.39 is 0 Å². The standard InChI is InChI=1S/C18H13N3O2/c1-23-11-6-4-5-10(9-11)15-14-16(21-18(19)20-15)12-7-2-3-8-13(12)17(14)22/h2-9H,1H3,(H2,19,20,21). The van der Waals surface area contributed by atoms with Crippen molar-refractivity contribution in [1.82, 2.24) is 9.97 Å². The molecule has 1 aliphatic carbocycles. The fourth-order valence-corrected chi connectivity index (χ4v) is 2.89. The number of carbonyl (C=O) groups is 1. The maximum absolute atomic E-state index is 12.8. The number of rotatable bonds is 2. The van der Waals surface area contributed by atoms with Gasteiger partial charge in [0.2, 0.25) is 5.95 Å². The minimum atomic E-state index is -0.0755. The molecule has 0 aliphatic heterocycles. The van der Waals surface area contributed by atoms with E-state index in [-0.39, 0.29) is 11.7 Å². The molecule has 1 heterocycles. The molecule has 0 saturated heterocycles. The monoisotopic (exact) mass is 303 g/mol. The highest BCUT2D eigenvalue weighted by Crippen LogP contribution is 2.40. The average molecular weight is 303 g/mol. The van der Waals surface area contributed by atoms with Crippen LogP contribution in [-0.2, 0) is 0 Å². The molecule has 112 valence electrons. The van der Waals surface area contributed by atoms with Crippen LogP contribution >= 0.6 is 0 Å². The molecule has 0 fully saturated rings. The molecule has 1 aromatic heterocycles. The Kier molecular flexibility index (Phi) is 2.87. The summed E-state index contributed by atoms with van der Waals surface area (Å²) in [5, 5.41) is 0. The molecule has 0 spiro atoms. The number of carbonyl (C=O) groups excluding carboxylic acids is 1. The minimum absolute atomic E-state index is 0.0755. The second kappa shape index (κ2) is 4.91. The highest BCUT2D eigenvalue weighted by molar-refractivity contribution is 6.23. The number of methoxy groups -OCH3 is 1. The summed E-state index contributed by atoms with van der Waals surface area (Å²) < 4.78 is 5.26. The molecule has 2 aromatic carbocycles. The van der Waals surface area contributed by atoms with Crippen molar-refractivity contribution >= 4 is 11.7 Å². The topological polar surface area (TPSA) is 78.1 Å². The number of fused-ring (bicyclic) bond motifs is 3. The van der Waals surface area contributed by atoms with Gasteiger partial charge in [0.15, 0.2) is 5.78 Å². The van der Waals surface area contributed by atoms with Crippen molar-refractivity contribution in [3.8, 4) is 28.3 Å². The average Bonchev–Trinajstić information content (AvgIpc) is 2.87. The number of benzene rings is 2. The van der Waals surface area contributed by atoms with Crippen LogP contribution in [0.1, 0.15) is 15.9 Å². The number of hydrogen-bond donors (Lipinski definition) is 1. The second-order valence-corrected chi connectivity index (χ2v) is 5.26. The van der Waals surface area contributed by atoms with Crippen LogP contribution < -0.4 is 10.5 Å². The number of hydrogen-bond acceptors (Lipinski definition) is 5. The Labute approximate surface area is 132 Å². The van der Waals surface area contributed by atoms with Crippen LogP contribution in [0.2, 0.25) is 0 Å². The Morgan fingerprint density at radius 3 is 2.48 bits per heavy atom. The van der Waals surface area contributed by atoms with Crippen molar-refractivity contribution in [2.45, 2.75) is 0 Å². The number of ether oxygens (including phenoxy) is 1. The predicted molar refractivity (Wildman–Crippen MR) is 87.3 cm³/mol. The molecule has 0 bridgehead atoms. The number of aromatic nitrogens is 2. The highest BCUT2D eigenvalue weighted by atomic mass is 16.5. The lowest BCUT2D eigenvalue weighted by atomic mass is 10.0. The highest BCUT2D eigenvalue weighted by Gasteiger charge is 2.32. The molecule has 5 heteroatoms. The van der Waals surface area contributed by atoms with Crippen molar-refractivity contribution < 1.29 is 9.53 Å². The molecule has 23 heavy (non-hydrogen) atoms. The molecule has 4 rings (SSSR count). The van der Waals surface area contributed by atoms with Crippen LogP contribution in [0, 0.1) is 0 Å². The van der Waals surface area contributed by atoms with Gasteiger partial charge in [0, 0.05) is 16.7 Å². The normalized spacial score (nSPS) is 12.0. The van der Waals surface area contributed by atoms with E-state index in [1.54, 1.807) is 13.2 Å². The first kappa shape index (κ1) is 13.5. The summed E-state index contributed by atoms with van der Waals surface area (Å²) in [4.78, 5) is 21.4. The van der Waals surface area contributed by atoms with E-state index in [4.69, 9.17) is 10.5 Å². The van der Waals surface area contributed by atoms with Gasteiger partial charge in [-0.25, -0.2) is 9.97 Å². The van der Waals surface area contributed by atoms with Crippen LogP contribution in [-0.4, -0.2) is 22.9 Å². The molecule has 0 atom stereocenters. The van der Waals surface area contributed by atoms with Gasteiger partial charge in [-0.15, -0.1) is 0 Å². The third kappa shape index (κ3) is 1.97. The van der Waals surface area contributed by atoms with Crippen molar-refractivity contribution in [1.29, 1.82) is 0 Å². The maximum Gasteiger partial charge on any atom is 0.221 e. The van der Waals surface area contributed by atoms with Crippen LogP contribution in [0.15, 0.2) is 48.5 Å². The van der Waals surface area contributed by atoms with Gasteiger partial charge < -0.3 is 10.5 Å². The van der Waals surface area contributed by atoms with E-state index in [1.165, 1.54) is 0 Å². The Bertz CT molecular complexity index is 951. The van der Waals surface area contributed by atoms with Gasteiger partial charge in [-0.1, -0.05) is 36.4 Å². The second-order valence-electron chi connectivity index (χ2n) is 5.26. The summed E-state index contributed by atoms with van der Waals surface area (Å²) >= 11 is 0. The Balaban J connectivity index is 2.01. The summed E-state index contributed by atoms with van der Waals surface area (Å²) in [5.74, 6) is 0.760. The molecule has 3 aromatic rings. The largest absolute Gasteiger partial charge is 0.497 e. The van der Waals surface area contributed by atoms with Crippen LogP contribution in [0.5, 0.6) is 5.75 Å². The zero-order chi connectivity index (χ0) is 16.0. The summed E-state index contributed by atoms with van der Waals surface area (Å²) in [6, 6.07) is 14.8. The van der Waals surface area contributed by atoms with Crippen LogP contribution in [0.3, 0.4) is 0 Å². The summed E-state index contributed by atoms with van der Waals surface area (Å²) in [5.41, 5.74) is 9.70. The predicted octanol–water partition coefficient (Wildman–Crippen LogP) is 2.95. The Morgan fingerprint density at radius 2 is 1.70 bits per heavy atom.